The van der Waals surface area contributed by atoms with Crippen LogP contribution in [0.25, 0.3) is 0 Å². The van der Waals surface area contributed by atoms with E-state index >= 15 is 0 Å². The molecule has 0 spiro atoms. The van der Waals surface area contributed by atoms with Crippen LogP contribution in [0.2, 0.25) is 0 Å². The zero-order chi connectivity index (χ0) is 14.7. The number of nitrogens with two attached hydrogens (primary N) is 1. The molecule has 108 valence electrons. The first-order chi connectivity index (χ1) is 9.45. The Kier molecular flexibility index (Phi) is 4.24. The predicted octanol–water partition coefficient (Wildman–Crippen LogP) is 1.43. The lowest BCUT2D eigenvalue weighted by molar-refractivity contribution is -0.0586. The van der Waals surface area contributed by atoms with Gasteiger partial charge >= 0.3 is 6.03 Å². The summed E-state index contributed by atoms with van der Waals surface area (Å²) >= 11 is 0. The van der Waals surface area contributed by atoms with Crippen LogP contribution in [0.1, 0.15) is 24.2 Å². The van der Waals surface area contributed by atoms with Crippen LogP contribution in [0.15, 0.2) is 24.3 Å². The number of amides is 3. The highest BCUT2D eigenvalue weighted by Crippen LogP contribution is 2.16. The van der Waals surface area contributed by atoms with Crippen molar-refractivity contribution in [3.05, 3.63) is 29.8 Å². The third kappa shape index (κ3) is 3.48. The van der Waals surface area contributed by atoms with E-state index in [-0.39, 0.29) is 18.1 Å². The monoisotopic (exact) mass is 277 g/mol. The molecule has 1 fully saturated rings. The van der Waals surface area contributed by atoms with Crippen molar-refractivity contribution in [3.8, 4) is 0 Å². The maximum Gasteiger partial charge on any atom is 0.316 e. The molecule has 3 amide bonds. The summed E-state index contributed by atoms with van der Waals surface area (Å²) in [5.74, 6) is -0.0300. The summed E-state index contributed by atoms with van der Waals surface area (Å²) in [5, 5.41) is 2.46. The van der Waals surface area contributed by atoms with Gasteiger partial charge in [0.25, 0.3) is 5.91 Å². The number of rotatable bonds is 2. The van der Waals surface area contributed by atoms with Gasteiger partial charge in [-0.3, -0.25) is 4.79 Å². The largest absolute Gasteiger partial charge is 0.372 e. The molecule has 1 saturated heterocycles. The SMILES string of the molecule is C[C@@H]1CN(C(=O)c2ccc(NC(N)=O)cc2)C[C@@H](C)O1. The topological polar surface area (TPSA) is 84.7 Å². The molecule has 6 heteroatoms. The zero-order valence-electron chi connectivity index (χ0n) is 11.6. The molecule has 0 unspecified atom stereocenters. The number of morpholine rings is 1. The molecule has 1 aromatic rings. The maximum atomic E-state index is 12.4. The molecule has 2 atom stereocenters. The smallest absolute Gasteiger partial charge is 0.316 e. The Balaban J connectivity index is 2.07. The van der Waals surface area contributed by atoms with Crippen LogP contribution >= 0.6 is 0 Å². The summed E-state index contributed by atoms with van der Waals surface area (Å²) in [6, 6.07) is 6.05. The molecule has 20 heavy (non-hydrogen) atoms. The second-order valence-electron chi connectivity index (χ2n) is 5.03. The summed E-state index contributed by atoms with van der Waals surface area (Å²) in [6.45, 7) is 5.08. The van der Waals surface area contributed by atoms with E-state index in [1.165, 1.54) is 0 Å². The minimum Gasteiger partial charge on any atom is -0.372 e. The highest BCUT2D eigenvalue weighted by Gasteiger charge is 2.26. The number of anilines is 1. The quantitative estimate of drug-likeness (QED) is 0.857. The number of benzene rings is 1. The maximum absolute atomic E-state index is 12.4. The Morgan fingerprint density at radius 2 is 1.75 bits per heavy atom. The Labute approximate surface area is 117 Å². The Morgan fingerprint density at radius 3 is 2.25 bits per heavy atom. The molecule has 0 bridgehead atoms. The van der Waals surface area contributed by atoms with E-state index in [0.29, 0.717) is 24.3 Å². The number of primary amides is 1. The molecule has 1 aliphatic rings. The normalized spacial score (nSPS) is 22.4. The van der Waals surface area contributed by atoms with Crippen molar-refractivity contribution in [2.24, 2.45) is 5.73 Å². The van der Waals surface area contributed by atoms with E-state index in [4.69, 9.17) is 10.5 Å². The van der Waals surface area contributed by atoms with E-state index in [2.05, 4.69) is 5.32 Å². The van der Waals surface area contributed by atoms with Crippen molar-refractivity contribution in [1.82, 2.24) is 4.90 Å². The zero-order valence-corrected chi connectivity index (χ0v) is 11.6. The molecule has 1 aromatic carbocycles. The van der Waals surface area contributed by atoms with Gasteiger partial charge in [-0.1, -0.05) is 0 Å². The van der Waals surface area contributed by atoms with Gasteiger partial charge in [0, 0.05) is 24.3 Å². The first-order valence-corrected chi connectivity index (χ1v) is 6.57. The van der Waals surface area contributed by atoms with E-state index < -0.39 is 6.03 Å². The Bertz CT molecular complexity index is 491. The number of carbonyl (C=O) groups excluding carboxylic acids is 2. The highest BCUT2D eigenvalue weighted by atomic mass is 16.5. The van der Waals surface area contributed by atoms with Gasteiger partial charge in [-0.2, -0.15) is 0 Å². The fourth-order valence-electron chi connectivity index (χ4n) is 2.36. The number of ether oxygens (including phenoxy) is 1. The van der Waals surface area contributed by atoms with Gasteiger partial charge in [-0.25, -0.2) is 4.79 Å². The average molecular weight is 277 g/mol. The van der Waals surface area contributed by atoms with Crippen LogP contribution in [-0.2, 0) is 4.74 Å². The molecule has 0 aliphatic carbocycles. The van der Waals surface area contributed by atoms with Gasteiger partial charge in [0.2, 0.25) is 0 Å². The first kappa shape index (κ1) is 14.3. The summed E-state index contributed by atoms with van der Waals surface area (Å²) in [5.41, 5.74) is 6.18. The number of urea groups is 1. The number of hydrogen-bond acceptors (Lipinski definition) is 3. The van der Waals surface area contributed by atoms with Gasteiger partial charge in [0.05, 0.1) is 12.2 Å². The van der Waals surface area contributed by atoms with Crippen LogP contribution < -0.4 is 11.1 Å². The van der Waals surface area contributed by atoms with Crippen LogP contribution in [0, 0.1) is 0 Å². The van der Waals surface area contributed by atoms with Crippen molar-refractivity contribution in [2.75, 3.05) is 18.4 Å². The predicted molar refractivity (Wildman–Crippen MR) is 75.6 cm³/mol. The van der Waals surface area contributed by atoms with Crippen molar-refractivity contribution < 1.29 is 14.3 Å². The van der Waals surface area contributed by atoms with Crippen molar-refractivity contribution in [1.29, 1.82) is 0 Å². The lowest BCUT2D eigenvalue weighted by Crippen LogP contribution is -2.48. The molecule has 3 N–H and O–H groups in total. The fourth-order valence-corrected chi connectivity index (χ4v) is 2.36. The minimum absolute atomic E-state index is 0.0300. The third-order valence-electron chi connectivity index (χ3n) is 3.11. The molecule has 2 rings (SSSR count). The van der Waals surface area contributed by atoms with Crippen molar-refractivity contribution >= 4 is 17.6 Å². The summed E-state index contributed by atoms with van der Waals surface area (Å²) < 4.78 is 5.61. The third-order valence-corrected chi connectivity index (χ3v) is 3.11. The van der Waals surface area contributed by atoms with Crippen LogP contribution in [0.5, 0.6) is 0 Å². The molecule has 1 aliphatic heterocycles. The van der Waals surface area contributed by atoms with Gasteiger partial charge in [0.1, 0.15) is 0 Å². The van der Waals surface area contributed by atoms with E-state index in [9.17, 15) is 9.59 Å². The van der Waals surface area contributed by atoms with Crippen LogP contribution in [-0.4, -0.2) is 42.1 Å². The van der Waals surface area contributed by atoms with Crippen molar-refractivity contribution in [3.63, 3.8) is 0 Å². The molecule has 0 saturated carbocycles. The standard InChI is InChI=1S/C14H19N3O3/c1-9-7-17(8-10(2)20-9)13(18)11-3-5-12(6-4-11)16-14(15)19/h3-6,9-10H,7-8H2,1-2H3,(H3,15,16,19)/t9-,10-/m1/s1. The number of nitrogens with zero attached hydrogens (tertiary/aromatic N) is 1. The first-order valence-electron chi connectivity index (χ1n) is 6.57. The molecule has 1 heterocycles. The minimum atomic E-state index is -0.625. The molecule has 0 aromatic heterocycles. The van der Waals surface area contributed by atoms with E-state index in [1.54, 1.807) is 29.2 Å². The fraction of sp³-hybridized carbons (Fsp3) is 0.429. The lowest BCUT2D eigenvalue weighted by atomic mass is 10.1. The molecular formula is C14H19N3O3. The molecule has 6 nitrogen and oxygen atoms in total. The number of hydrogen-bond donors (Lipinski definition) is 2. The van der Waals surface area contributed by atoms with E-state index in [1.807, 2.05) is 13.8 Å². The lowest BCUT2D eigenvalue weighted by Gasteiger charge is -2.35. The van der Waals surface area contributed by atoms with Gasteiger partial charge in [0.15, 0.2) is 0 Å². The Hall–Kier alpha value is -2.08. The molecular weight excluding hydrogens is 258 g/mol. The number of nitrogens with one attached hydrogen (secondary N) is 1. The number of carbonyl (C=O) groups is 2. The Morgan fingerprint density at radius 1 is 1.20 bits per heavy atom. The van der Waals surface area contributed by atoms with Crippen LogP contribution in [0.3, 0.4) is 0 Å². The summed E-state index contributed by atoms with van der Waals surface area (Å²) in [4.78, 5) is 24.9. The summed E-state index contributed by atoms with van der Waals surface area (Å²) in [6.07, 6.45) is 0.0806. The highest BCUT2D eigenvalue weighted by molar-refractivity contribution is 5.95. The average Bonchev–Trinajstić information content (AvgIpc) is 2.37. The van der Waals surface area contributed by atoms with E-state index in [0.717, 1.165) is 0 Å². The van der Waals surface area contributed by atoms with Gasteiger partial charge in [-0.15, -0.1) is 0 Å². The van der Waals surface area contributed by atoms with Gasteiger partial charge in [-0.05, 0) is 38.1 Å². The molecule has 0 radical (unpaired) electrons. The van der Waals surface area contributed by atoms with Gasteiger partial charge < -0.3 is 20.7 Å². The van der Waals surface area contributed by atoms with Crippen LogP contribution in [0.4, 0.5) is 10.5 Å². The second-order valence-corrected chi connectivity index (χ2v) is 5.03. The van der Waals surface area contributed by atoms with Crippen molar-refractivity contribution in [2.45, 2.75) is 26.1 Å². The second kappa shape index (κ2) is 5.92. The summed E-state index contributed by atoms with van der Waals surface area (Å²) in [7, 11) is 0.